The Morgan fingerprint density at radius 2 is 2.06 bits per heavy atom. The van der Waals surface area contributed by atoms with Gasteiger partial charge < -0.3 is 10.0 Å². The monoisotopic (exact) mass is 237 g/mol. The first-order chi connectivity index (χ1) is 8.08. The third kappa shape index (κ3) is 2.43. The van der Waals surface area contributed by atoms with E-state index in [9.17, 15) is 14.0 Å². The van der Waals surface area contributed by atoms with Gasteiger partial charge in [0, 0.05) is 13.1 Å². The van der Waals surface area contributed by atoms with Gasteiger partial charge in [0.1, 0.15) is 11.7 Å². The predicted octanol–water partition coefficient (Wildman–Crippen LogP) is 1.26. The summed E-state index contributed by atoms with van der Waals surface area (Å²) < 4.78 is 12.7. The SMILES string of the molecule is O=C(O)C1CCN(Cc2ccc(F)cc2)C1=O. The molecule has 1 amide bonds. The van der Waals surface area contributed by atoms with Gasteiger partial charge in [0.2, 0.25) is 5.91 Å². The predicted molar refractivity (Wildman–Crippen MR) is 57.6 cm³/mol. The molecule has 17 heavy (non-hydrogen) atoms. The van der Waals surface area contributed by atoms with E-state index >= 15 is 0 Å². The van der Waals surface area contributed by atoms with Crippen LogP contribution in [0.5, 0.6) is 0 Å². The number of aliphatic carboxylic acids is 1. The van der Waals surface area contributed by atoms with Gasteiger partial charge in [-0.05, 0) is 24.1 Å². The van der Waals surface area contributed by atoms with Crippen molar-refractivity contribution < 1.29 is 19.1 Å². The Labute approximate surface area is 97.7 Å². The molecule has 4 nitrogen and oxygen atoms in total. The van der Waals surface area contributed by atoms with E-state index in [0.29, 0.717) is 19.5 Å². The van der Waals surface area contributed by atoms with Crippen LogP contribution in [-0.2, 0) is 16.1 Å². The molecule has 0 bridgehead atoms. The van der Waals surface area contributed by atoms with Crippen molar-refractivity contribution in [3.63, 3.8) is 0 Å². The highest BCUT2D eigenvalue weighted by atomic mass is 19.1. The summed E-state index contributed by atoms with van der Waals surface area (Å²) in [6.45, 7) is 0.774. The van der Waals surface area contributed by atoms with Gasteiger partial charge >= 0.3 is 5.97 Å². The number of rotatable bonds is 3. The maximum Gasteiger partial charge on any atom is 0.316 e. The third-order valence-electron chi connectivity index (χ3n) is 2.88. The maximum atomic E-state index is 12.7. The Hall–Kier alpha value is -1.91. The van der Waals surface area contributed by atoms with Crippen LogP contribution in [0.15, 0.2) is 24.3 Å². The highest BCUT2D eigenvalue weighted by Gasteiger charge is 2.36. The molecule has 5 heteroatoms. The molecule has 0 aromatic heterocycles. The van der Waals surface area contributed by atoms with Crippen LogP contribution in [0.2, 0.25) is 0 Å². The van der Waals surface area contributed by atoms with E-state index < -0.39 is 11.9 Å². The van der Waals surface area contributed by atoms with Crippen molar-refractivity contribution in [3.8, 4) is 0 Å². The Morgan fingerprint density at radius 1 is 1.41 bits per heavy atom. The van der Waals surface area contributed by atoms with E-state index in [1.54, 1.807) is 12.1 Å². The van der Waals surface area contributed by atoms with Crippen molar-refractivity contribution >= 4 is 11.9 Å². The van der Waals surface area contributed by atoms with Gasteiger partial charge in [0.05, 0.1) is 0 Å². The summed E-state index contributed by atoms with van der Waals surface area (Å²) in [7, 11) is 0. The van der Waals surface area contributed by atoms with Crippen LogP contribution in [-0.4, -0.2) is 28.4 Å². The van der Waals surface area contributed by atoms with Crippen molar-refractivity contribution in [2.24, 2.45) is 5.92 Å². The quantitative estimate of drug-likeness (QED) is 0.805. The highest BCUT2D eigenvalue weighted by molar-refractivity contribution is 5.98. The fourth-order valence-corrected chi connectivity index (χ4v) is 1.94. The minimum Gasteiger partial charge on any atom is -0.481 e. The van der Waals surface area contributed by atoms with Gasteiger partial charge in [-0.2, -0.15) is 0 Å². The standard InChI is InChI=1S/C12H12FNO3/c13-9-3-1-8(2-4-9)7-14-6-5-10(11(14)15)12(16)17/h1-4,10H,5-7H2,(H,16,17). The van der Waals surface area contributed by atoms with Gasteiger partial charge in [-0.25, -0.2) is 4.39 Å². The number of carboxylic acid groups (broad SMARTS) is 1. The molecular weight excluding hydrogens is 225 g/mol. The topological polar surface area (TPSA) is 57.6 Å². The number of hydrogen-bond acceptors (Lipinski definition) is 2. The van der Waals surface area contributed by atoms with Crippen LogP contribution in [0.3, 0.4) is 0 Å². The molecule has 0 radical (unpaired) electrons. The van der Waals surface area contributed by atoms with Crippen LogP contribution in [0.1, 0.15) is 12.0 Å². The van der Waals surface area contributed by atoms with Crippen LogP contribution in [0.25, 0.3) is 0 Å². The zero-order valence-electron chi connectivity index (χ0n) is 9.10. The van der Waals surface area contributed by atoms with Gasteiger partial charge in [0.15, 0.2) is 0 Å². The number of carbonyl (C=O) groups excluding carboxylic acids is 1. The van der Waals surface area contributed by atoms with E-state index in [1.165, 1.54) is 17.0 Å². The smallest absolute Gasteiger partial charge is 0.316 e. The van der Waals surface area contributed by atoms with E-state index in [4.69, 9.17) is 5.11 Å². The molecule has 90 valence electrons. The molecule has 1 heterocycles. The minimum absolute atomic E-state index is 0.329. The van der Waals surface area contributed by atoms with Crippen LogP contribution in [0.4, 0.5) is 4.39 Å². The zero-order chi connectivity index (χ0) is 12.4. The number of nitrogens with zero attached hydrogens (tertiary/aromatic N) is 1. The number of carbonyl (C=O) groups is 2. The van der Waals surface area contributed by atoms with E-state index in [2.05, 4.69) is 0 Å². The van der Waals surface area contributed by atoms with Crippen LogP contribution >= 0.6 is 0 Å². The maximum absolute atomic E-state index is 12.7. The average Bonchev–Trinajstić information content (AvgIpc) is 2.64. The van der Waals surface area contributed by atoms with Gasteiger partial charge in [-0.1, -0.05) is 12.1 Å². The Morgan fingerprint density at radius 3 is 2.59 bits per heavy atom. The molecule has 1 aromatic carbocycles. The first kappa shape index (κ1) is 11.6. The largest absolute Gasteiger partial charge is 0.481 e. The highest BCUT2D eigenvalue weighted by Crippen LogP contribution is 2.20. The lowest BCUT2D eigenvalue weighted by Crippen LogP contribution is -2.29. The average molecular weight is 237 g/mol. The Balaban J connectivity index is 2.03. The number of hydrogen-bond donors (Lipinski definition) is 1. The Kier molecular flexibility index (Phi) is 3.08. The van der Waals surface area contributed by atoms with Crippen molar-refractivity contribution in [1.29, 1.82) is 0 Å². The molecular formula is C12H12FNO3. The summed E-state index contributed by atoms with van der Waals surface area (Å²) >= 11 is 0. The second kappa shape index (κ2) is 4.53. The molecule has 1 saturated heterocycles. The summed E-state index contributed by atoms with van der Waals surface area (Å²) in [6.07, 6.45) is 0.343. The van der Waals surface area contributed by atoms with Crippen molar-refractivity contribution in [3.05, 3.63) is 35.6 Å². The summed E-state index contributed by atoms with van der Waals surface area (Å²) in [4.78, 5) is 23.9. The van der Waals surface area contributed by atoms with Crippen molar-refractivity contribution in [2.45, 2.75) is 13.0 Å². The second-order valence-electron chi connectivity index (χ2n) is 4.07. The summed E-state index contributed by atoms with van der Waals surface area (Å²) in [5.74, 6) is -2.68. The first-order valence-corrected chi connectivity index (χ1v) is 5.34. The molecule has 1 fully saturated rings. The van der Waals surface area contributed by atoms with Gasteiger partial charge in [0.25, 0.3) is 0 Å². The Bertz CT molecular complexity index is 444. The normalized spacial score (nSPS) is 19.7. The number of amides is 1. The molecule has 0 spiro atoms. The molecule has 1 aromatic rings. The van der Waals surface area contributed by atoms with Crippen molar-refractivity contribution in [2.75, 3.05) is 6.54 Å². The van der Waals surface area contributed by atoms with Crippen molar-refractivity contribution in [1.82, 2.24) is 4.90 Å². The molecule has 1 N–H and O–H groups in total. The molecule has 0 saturated carbocycles. The van der Waals surface area contributed by atoms with E-state index in [1.807, 2.05) is 0 Å². The second-order valence-corrected chi connectivity index (χ2v) is 4.07. The fourth-order valence-electron chi connectivity index (χ4n) is 1.94. The molecule has 1 aliphatic rings. The number of benzene rings is 1. The molecule has 1 unspecified atom stereocenters. The number of likely N-dealkylation sites (tertiary alicyclic amines) is 1. The molecule has 0 aliphatic carbocycles. The van der Waals surface area contributed by atoms with E-state index in [0.717, 1.165) is 5.56 Å². The summed E-state index contributed by atoms with van der Waals surface area (Å²) in [5, 5.41) is 8.81. The fraction of sp³-hybridized carbons (Fsp3) is 0.333. The summed E-state index contributed by atoms with van der Waals surface area (Å²) in [5.41, 5.74) is 0.797. The lowest BCUT2D eigenvalue weighted by molar-refractivity contribution is -0.147. The van der Waals surface area contributed by atoms with Crippen LogP contribution < -0.4 is 0 Å². The first-order valence-electron chi connectivity index (χ1n) is 5.34. The molecule has 1 aliphatic heterocycles. The van der Waals surface area contributed by atoms with Crippen LogP contribution in [0, 0.1) is 11.7 Å². The molecule has 2 rings (SSSR count). The van der Waals surface area contributed by atoms with E-state index in [-0.39, 0.29) is 11.7 Å². The molecule has 1 atom stereocenters. The number of carboxylic acids is 1. The van der Waals surface area contributed by atoms with Gasteiger partial charge in [-0.3, -0.25) is 9.59 Å². The third-order valence-corrected chi connectivity index (χ3v) is 2.88. The number of halogens is 1. The minimum atomic E-state index is -1.07. The lowest BCUT2D eigenvalue weighted by Gasteiger charge is -2.15. The zero-order valence-corrected chi connectivity index (χ0v) is 9.10. The van der Waals surface area contributed by atoms with Gasteiger partial charge in [-0.15, -0.1) is 0 Å². The lowest BCUT2D eigenvalue weighted by atomic mass is 10.1. The summed E-state index contributed by atoms with van der Waals surface area (Å²) in [6, 6.07) is 5.84.